The molecule has 2 aromatic carbocycles. The van der Waals surface area contributed by atoms with Crippen molar-refractivity contribution in [3.8, 4) is 5.69 Å². The van der Waals surface area contributed by atoms with E-state index >= 15 is 0 Å². The van der Waals surface area contributed by atoms with Crippen LogP contribution in [0, 0.1) is 6.92 Å². The van der Waals surface area contributed by atoms with E-state index in [-0.39, 0.29) is 0 Å². The van der Waals surface area contributed by atoms with E-state index in [4.69, 9.17) is 11.6 Å². The molecule has 0 unspecified atom stereocenters. The second kappa shape index (κ2) is 6.02. The lowest BCUT2D eigenvalue weighted by atomic mass is 10.1. The van der Waals surface area contributed by atoms with Gasteiger partial charge in [0, 0.05) is 18.9 Å². The molecule has 4 heteroatoms. The summed E-state index contributed by atoms with van der Waals surface area (Å²) in [6.07, 6.45) is 3.63. The van der Waals surface area contributed by atoms with E-state index < -0.39 is 0 Å². The molecule has 3 nitrogen and oxygen atoms in total. The lowest BCUT2D eigenvalue weighted by Crippen LogP contribution is -2.05. The van der Waals surface area contributed by atoms with Crippen molar-refractivity contribution < 1.29 is 0 Å². The molecule has 21 heavy (non-hydrogen) atoms. The zero-order valence-electron chi connectivity index (χ0n) is 11.8. The van der Waals surface area contributed by atoms with Gasteiger partial charge in [0.1, 0.15) is 5.69 Å². The maximum absolute atomic E-state index is 6.33. The SMILES string of the molecule is Cc1cccc(CNc2cccc(Cl)c2-n2cccn2)c1. The van der Waals surface area contributed by atoms with Crippen molar-refractivity contribution in [3.05, 3.63) is 77.1 Å². The molecule has 0 saturated heterocycles. The van der Waals surface area contributed by atoms with Gasteiger partial charge in [0.05, 0.1) is 10.7 Å². The van der Waals surface area contributed by atoms with Crippen molar-refractivity contribution in [2.24, 2.45) is 0 Å². The maximum atomic E-state index is 6.33. The number of hydrogen-bond donors (Lipinski definition) is 1. The van der Waals surface area contributed by atoms with Gasteiger partial charge in [-0.2, -0.15) is 5.10 Å². The third kappa shape index (κ3) is 3.09. The molecule has 1 heterocycles. The fourth-order valence-corrected chi connectivity index (χ4v) is 2.57. The zero-order valence-corrected chi connectivity index (χ0v) is 12.5. The van der Waals surface area contributed by atoms with Crippen LogP contribution in [0.1, 0.15) is 11.1 Å². The molecule has 0 spiro atoms. The van der Waals surface area contributed by atoms with Crippen molar-refractivity contribution >= 4 is 17.3 Å². The molecule has 0 radical (unpaired) electrons. The van der Waals surface area contributed by atoms with E-state index in [0.717, 1.165) is 17.9 Å². The minimum atomic E-state index is 0.674. The molecule has 0 aliphatic rings. The standard InChI is InChI=1S/C17H16ClN3/c1-13-5-2-6-14(11-13)12-19-16-8-3-7-15(18)17(16)21-10-4-9-20-21/h2-11,19H,12H2,1H3. The van der Waals surface area contributed by atoms with Crippen molar-refractivity contribution in [3.63, 3.8) is 0 Å². The average Bonchev–Trinajstić information content (AvgIpc) is 2.99. The molecule has 0 saturated carbocycles. The van der Waals surface area contributed by atoms with Gasteiger partial charge in [-0.05, 0) is 30.7 Å². The first-order valence-electron chi connectivity index (χ1n) is 6.82. The summed E-state index contributed by atoms with van der Waals surface area (Å²) < 4.78 is 1.78. The monoisotopic (exact) mass is 297 g/mol. The van der Waals surface area contributed by atoms with E-state index in [1.807, 2.05) is 30.5 Å². The first kappa shape index (κ1) is 13.7. The van der Waals surface area contributed by atoms with Crippen LogP contribution in [0.4, 0.5) is 5.69 Å². The summed E-state index contributed by atoms with van der Waals surface area (Å²) in [6, 6.07) is 16.1. The summed E-state index contributed by atoms with van der Waals surface area (Å²) in [5.74, 6) is 0. The van der Waals surface area contributed by atoms with Gasteiger partial charge in [-0.1, -0.05) is 47.5 Å². The highest BCUT2D eigenvalue weighted by atomic mass is 35.5. The number of nitrogens with one attached hydrogen (secondary N) is 1. The first-order valence-corrected chi connectivity index (χ1v) is 7.20. The van der Waals surface area contributed by atoms with E-state index in [1.54, 1.807) is 10.9 Å². The largest absolute Gasteiger partial charge is 0.379 e. The topological polar surface area (TPSA) is 29.9 Å². The Hall–Kier alpha value is -2.26. The zero-order chi connectivity index (χ0) is 14.7. The van der Waals surface area contributed by atoms with Crippen LogP contribution >= 0.6 is 11.6 Å². The fourth-order valence-electron chi connectivity index (χ4n) is 2.31. The van der Waals surface area contributed by atoms with Crippen LogP contribution in [-0.4, -0.2) is 9.78 Å². The number of para-hydroxylation sites is 1. The van der Waals surface area contributed by atoms with Crippen LogP contribution in [-0.2, 0) is 6.54 Å². The second-order valence-electron chi connectivity index (χ2n) is 4.93. The maximum Gasteiger partial charge on any atom is 0.106 e. The number of benzene rings is 2. The highest BCUT2D eigenvalue weighted by Gasteiger charge is 2.09. The summed E-state index contributed by atoms with van der Waals surface area (Å²) >= 11 is 6.33. The molecule has 1 N–H and O–H groups in total. The summed E-state index contributed by atoms with van der Waals surface area (Å²) in [5, 5.41) is 8.38. The molecule has 1 aromatic heterocycles. The second-order valence-corrected chi connectivity index (χ2v) is 5.34. The third-order valence-corrected chi connectivity index (χ3v) is 3.59. The van der Waals surface area contributed by atoms with Gasteiger partial charge in [0.2, 0.25) is 0 Å². The average molecular weight is 298 g/mol. The quantitative estimate of drug-likeness (QED) is 0.771. The molecule has 0 bridgehead atoms. The number of nitrogens with zero attached hydrogens (tertiary/aromatic N) is 2. The smallest absolute Gasteiger partial charge is 0.106 e. The van der Waals surface area contributed by atoms with Gasteiger partial charge in [0.15, 0.2) is 0 Å². The molecule has 0 atom stereocenters. The van der Waals surface area contributed by atoms with Crippen LogP contribution in [0.15, 0.2) is 60.9 Å². The molecular weight excluding hydrogens is 282 g/mol. The van der Waals surface area contributed by atoms with Gasteiger partial charge < -0.3 is 5.32 Å². The van der Waals surface area contributed by atoms with Crippen molar-refractivity contribution in [1.29, 1.82) is 0 Å². The summed E-state index contributed by atoms with van der Waals surface area (Å²) in [7, 11) is 0. The number of hydrogen-bond acceptors (Lipinski definition) is 2. The minimum absolute atomic E-state index is 0.674. The number of aryl methyl sites for hydroxylation is 1. The Morgan fingerprint density at radius 2 is 2.00 bits per heavy atom. The first-order chi connectivity index (χ1) is 10.2. The van der Waals surface area contributed by atoms with Gasteiger partial charge >= 0.3 is 0 Å². The summed E-state index contributed by atoms with van der Waals surface area (Å²) in [6.45, 7) is 2.84. The Morgan fingerprint density at radius 3 is 2.76 bits per heavy atom. The number of rotatable bonds is 4. The molecule has 0 aliphatic carbocycles. The molecule has 0 amide bonds. The van der Waals surface area contributed by atoms with Crippen molar-refractivity contribution in [2.75, 3.05) is 5.32 Å². The lowest BCUT2D eigenvalue weighted by molar-refractivity contribution is 0.879. The highest BCUT2D eigenvalue weighted by Crippen LogP contribution is 2.28. The Morgan fingerprint density at radius 1 is 1.14 bits per heavy atom. The summed E-state index contributed by atoms with van der Waals surface area (Å²) in [4.78, 5) is 0. The van der Waals surface area contributed by atoms with Crippen LogP contribution in [0.3, 0.4) is 0 Å². The van der Waals surface area contributed by atoms with Crippen LogP contribution in [0.5, 0.6) is 0 Å². The van der Waals surface area contributed by atoms with Crippen LogP contribution in [0.2, 0.25) is 5.02 Å². The van der Waals surface area contributed by atoms with E-state index in [2.05, 4.69) is 41.6 Å². The molecule has 0 fully saturated rings. The van der Waals surface area contributed by atoms with Gasteiger partial charge in [-0.3, -0.25) is 0 Å². The number of halogens is 1. The Bertz CT molecular complexity index is 736. The van der Waals surface area contributed by atoms with E-state index in [1.165, 1.54) is 11.1 Å². The molecule has 3 aromatic rings. The fraction of sp³-hybridized carbons (Fsp3) is 0.118. The van der Waals surface area contributed by atoms with Crippen molar-refractivity contribution in [2.45, 2.75) is 13.5 Å². The number of anilines is 1. The van der Waals surface area contributed by atoms with Crippen LogP contribution in [0.25, 0.3) is 5.69 Å². The number of aromatic nitrogens is 2. The Labute approximate surface area is 129 Å². The lowest BCUT2D eigenvalue weighted by Gasteiger charge is -2.14. The van der Waals surface area contributed by atoms with E-state index in [9.17, 15) is 0 Å². The Balaban J connectivity index is 1.88. The molecule has 106 valence electrons. The predicted octanol–water partition coefficient (Wildman–Crippen LogP) is 4.45. The summed E-state index contributed by atoms with van der Waals surface area (Å²) in [5.41, 5.74) is 4.33. The Kier molecular flexibility index (Phi) is 3.93. The normalized spacial score (nSPS) is 10.6. The van der Waals surface area contributed by atoms with E-state index in [0.29, 0.717) is 5.02 Å². The molecular formula is C17H16ClN3. The highest BCUT2D eigenvalue weighted by molar-refractivity contribution is 6.33. The van der Waals surface area contributed by atoms with Crippen LogP contribution < -0.4 is 5.32 Å². The predicted molar refractivity (Wildman–Crippen MR) is 87.1 cm³/mol. The van der Waals surface area contributed by atoms with Gasteiger partial charge in [-0.25, -0.2) is 4.68 Å². The minimum Gasteiger partial charge on any atom is -0.379 e. The van der Waals surface area contributed by atoms with Gasteiger partial charge in [0.25, 0.3) is 0 Å². The molecule has 0 aliphatic heterocycles. The molecule has 3 rings (SSSR count). The van der Waals surface area contributed by atoms with Crippen molar-refractivity contribution in [1.82, 2.24) is 9.78 Å². The third-order valence-electron chi connectivity index (χ3n) is 3.29. The van der Waals surface area contributed by atoms with Gasteiger partial charge in [-0.15, -0.1) is 0 Å².